The van der Waals surface area contributed by atoms with Crippen LogP contribution >= 0.6 is 0 Å². The van der Waals surface area contributed by atoms with Crippen molar-refractivity contribution in [3.05, 3.63) is 35.6 Å². The lowest BCUT2D eigenvalue weighted by Gasteiger charge is -2.16. The largest absolute Gasteiger partial charge is 0.494 e. The Bertz CT molecular complexity index is 233. The summed E-state index contributed by atoms with van der Waals surface area (Å²) in [4.78, 5) is 0. The van der Waals surface area contributed by atoms with Crippen LogP contribution < -0.4 is 0 Å². The maximum atomic E-state index is 5.49. The van der Waals surface area contributed by atoms with Crippen LogP contribution in [-0.2, 0) is 4.74 Å². The molecule has 66 valence electrons. The quantitative estimate of drug-likeness (QED) is 0.569. The van der Waals surface area contributed by atoms with Crippen LogP contribution in [-0.4, -0.2) is 6.61 Å². The van der Waals surface area contributed by atoms with Gasteiger partial charge in [0.15, 0.2) is 0 Å². The molecule has 0 amide bonds. The second-order valence-electron chi connectivity index (χ2n) is 3.28. The molecule has 0 aromatic heterocycles. The third-order valence-corrected chi connectivity index (χ3v) is 1.89. The molecule has 0 bridgehead atoms. The zero-order chi connectivity index (χ0) is 8.97. The monoisotopic (exact) mass is 164 g/mol. The van der Waals surface area contributed by atoms with E-state index >= 15 is 0 Å². The van der Waals surface area contributed by atoms with Crippen molar-refractivity contribution < 1.29 is 4.74 Å². The van der Waals surface area contributed by atoms with Gasteiger partial charge in [0.05, 0.1) is 6.61 Å². The van der Waals surface area contributed by atoms with E-state index in [1.54, 1.807) is 0 Å². The Labute approximate surface area is 74.4 Å². The molecule has 1 aliphatic rings. The molecule has 1 nitrogen and oxygen atoms in total. The number of rotatable bonds is 2. The molecule has 1 heterocycles. The van der Waals surface area contributed by atoms with Gasteiger partial charge in [-0.05, 0) is 38.3 Å². The summed E-state index contributed by atoms with van der Waals surface area (Å²) in [5, 5.41) is 0. The second-order valence-corrected chi connectivity index (χ2v) is 3.28. The molecule has 0 aromatic rings. The lowest BCUT2D eigenvalue weighted by Crippen LogP contribution is -2.03. The first-order chi connectivity index (χ1) is 5.70. The van der Waals surface area contributed by atoms with E-state index in [1.807, 2.05) is 19.1 Å². The van der Waals surface area contributed by atoms with Gasteiger partial charge in [0.2, 0.25) is 0 Å². The molecule has 0 N–H and O–H groups in total. The van der Waals surface area contributed by atoms with Gasteiger partial charge in [-0.15, -0.1) is 0 Å². The Balaban J connectivity index is 2.66. The van der Waals surface area contributed by atoms with Crippen LogP contribution in [0.4, 0.5) is 0 Å². The number of hydrogen-bond acceptors (Lipinski definition) is 1. The maximum Gasteiger partial charge on any atom is 0.118 e. The highest BCUT2D eigenvalue weighted by atomic mass is 16.5. The topological polar surface area (TPSA) is 9.23 Å². The highest BCUT2D eigenvalue weighted by molar-refractivity contribution is 5.25. The van der Waals surface area contributed by atoms with E-state index in [9.17, 15) is 0 Å². The SMILES string of the molecule is C=C(C)/C=C\C1=C(C)CCCO1. The minimum Gasteiger partial charge on any atom is -0.494 e. The van der Waals surface area contributed by atoms with E-state index < -0.39 is 0 Å². The van der Waals surface area contributed by atoms with Gasteiger partial charge in [-0.3, -0.25) is 0 Å². The van der Waals surface area contributed by atoms with Crippen LogP contribution in [0.3, 0.4) is 0 Å². The third-order valence-electron chi connectivity index (χ3n) is 1.89. The summed E-state index contributed by atoms with van der Waals surface area (Å²) in [6.45, 7) is 8.76. The first-order valence-electron chi connectivity index (χ1n) is 4.36. The maximum absolute atomic E-state index is 5.49. The van der Waals surface area contributed by atoms with Gasteiger partial charge < -0.3 is 4.74 Å². The molecule has 1 aliphatic heterocycles. The van der Waals surface area contributed by atoms with Gasteiger partial charge >= 0.3 is 0 Å². The lowest BCUT2D eigenvalue weighted by atomic mass is 10.1. The first-order valence-corrected chi connectivity index (χ1v) is 4.36. The van der Waals surface area contributed by atoms with Crippen molar-refractivity contribution in [3.8, 4) is 0 Å². The van der Waals surface area contributed by atoms with Crippen LogP contribution in [0.25, 0.3) is 0 Å². The van der Waals surface area contributed by atoms with Crippen molar-refractivity contribution >= 4 is 0 Å². The van der Waals surface area contributed by atoms with Gasteiger partial charge in [0.25, 0.3) is 0 Å². The molecule has 1 heteroatoms. The Kier molecular flexibility index (Phi) is 3.15. The Morgan fingerprint density at radius 3 is 2.92 bits per heavy atom. The minimum atomic E-state index is 0.854. The summed E-state index contributed by atoms with van der Waals surface area (Å²) in [7, 11) is 0. The number of hydrogen-bond donors (Lipinski definition) is 0. The highest BCUT2D eigenvalue weighted by Gasteiger charge is 2.06. The van der Waals surface area contributed by atoms with Crippen LogP contribution in [0.1, 0.15) is 26.7 Å². The summed E-state index contributed by atoms with van der Waals surface area (Å²) < 4.78 is 5.49. The fourth-order valence-electron chi connectivity index (χ4n) is 1.17. The van der Waals surface area contributed by atoms with Crippen molar-refractivity contribution in [1.29, 1.82) is 0 Å². The Morgan fingerprint density at radius 1 is 1.58 bits per heavy atom. The zero-order valence-corrected chi connectivity index (χ0v) is 7.89. The van der Waals surface area contributed by atoms with Crippen LogP contribution in [0.5, 0.6) is 0 Å². The van der Waals surface area contributed by atoms with Crippen molar-refractivity contribution in [1.82, 2.24) is 0 Å². The minimum absolute atomic E-state index is 0.854. The standard InChI is InChI=1S/C11H16O/c1-9(2)6-7-11-10(3)5-4-8-12-11/h6-7H,1,4-5,8H2,2-3H3/b7-6-. The smallest absolute Gasteiger partial charge is 0.118 e. The molecule has 0 radical (unpaired) electrons. The van der Waals surface area contributed by atoms with Crippen molar-refractivity contribution in [2.45, 2.75) is 26.7 Å². The van der Waals surface area contributed by atoms with Gasteiger partial charge in [-0.2, -0.15) is 0 Å². The predicted molar refractivity (Wildman–Crippen MR) is 51.8 cm³/mol. The zero-order valence-electron chi connectivity index (χ0n) is 7.89. The van der Waals surface area contributed by atoms with E-state index in [1.165, 1.54) is 5.57 Å². The van der Waals surface area contributed by atoms with Crippen molar-refractivity contribution in [2.24, 2.45) is 0 Å². The molecule has 0 spiro atoms. The number of allylic oxidation sites excluding steroid dienone is 4. The second kappa shape index (κ2) is 4.15. The third kappa shape index (κ3) is 2.57. The van der Waals surface area contributed by atoms with E-state index in [0.717, 1.165) is 30.8 Å². The molecule has 0 aliphatic carbocycles. The molecule has 0 saturated carbocycles. The lowest BCUT2D eigenvalue weighted by molar-refractivity contribution is 0.200. The van der Waals surface area contributed by atoms with Crippen LogP contribution in [0, 0.1) is 0 Å². The van der Waals surface area contributed by atoms with Crippen molar-refractivity contribution in [2.75, 3.05) is 6.61 Å². The van der Waals surface area contributed by atoms with E-state index in [4.69, 9.17) is 4.74 Å². The summed E-state index contributed by atoms with van der Waals surface area (Å²) in [5.41, 5.74) is 2.41. The van der Waals surface area contributed by atoms with Crippen LogP contribution in [0.2, 0.25) is 0 Å². The van der Waals surface area contributed by atoms with Gasteiger partial charge in [-0.1, -0.05) is 18.2 Å². The average Bonchev–Trinajstić information content (AvgIpc) is 2.03. The van der Waals surface area contributed by atoms with E-state index in [2.05, 4.69) is 13.5 Å². The number of ether oxygens (including phenoxy) is 1. The van der Waals surface area contributed by atoms with Crippen molar-refractivity contribution in [3.63, 3.8) is 0 Å². The molecular formula is C11H16O. The molecule has 0 fully saturated rings. The molecule has 0 unspecified atom stereocenters. The summed E-state index contributed by atoms with van der Waals surface area (Å²) in [6.07, 6.45) is 6.31. The highest BCUT2D eigenvalue weighted by Crippen LogP contribution is 2.19. The van der Waals surface area contributed by atoms with Crippen LogP contribution in [0.15, 0.2) is 35.6 Å². The predicted octanol–water partition coefficient (Wildman–Crippen LogP) is 3.20. The summed E-state index contributed by atoms with van der Waals surface area (Å²) >= 11 is 0. The van der Waals surface area contributed by atoms with E-state index in [-0.39, 0.29) is 0 Å². The molecule has 1 rings (SSSR count). The molecule has 0 aromatic carbocycles. The normalized spacial score (nSPS) is 18.2. The fraction of sp³-hybridized carbons (Fsp3) is 0.455. The Hall–Kier alpha value is -0.980. The van der Waals surface area contributed by atoms with Gasteiger partial charge in [0, 0.05) is 0 Å². The molecule has 0 saturated heterocycles. The average molecular weight is 164 g/mol. The summed E-state index contributed by atoms with van der Waals surface area (Å²) in [5.74, 6) is 1.03. The molecular weight excluding hydrogens is 148 g/mol. The first kappa shape index (κ1) is 9.11. The van der Waals surface area contributed by atoms with Gasteiger partial charge in [-0.25, -0.2) is 0 Å². The van der Waals surface area contributed by atoms with E-state index in [0.29, 0.717) is 0 Å². The van der Waals surface area contributed by atoms with Gasteiger partial charge in [0.1, 0.15) is 5.76 Å². The fourth-order valence-corrected chi connectivity index (χ4v) is 1.17. The molecule has 12 heavy (non-hydrogen) atoms. The Morgan fingerprint density at radius 2 is 2.33 bits per heavy atom. The molecule has 0 atom stereocenters. The summed E-state index contributed by atoms with van der Waals surface area (Å²) in [6, 6.07) is 0.